The van der Waals surface area contributed by atoms with Gasteiger partial charge >= 0.3 is 0 Å². The van der Waals surface area contributed by atoms with Gasteiger partial charge in [0.15, 0.2) is 9.84 Å². The second kappa shape index (κ2) is 6.41. The van der Waals surface area contributed by atoms with E-state index in [0.29, 0.717) is 13.1 Å². The lowest BCUT2D eigenvalue weighted by Gasteiger charge is -2.21. The Hall–Kier alpha value is -1.36. The van der Waals surface area contributed by atoms with Crippen LogP contribution < -0.4 is 0 Å². The first-order chi connectivity index (χ1) is 10.2. The highest BCUT2D eigenvalue weighted by atomic mass is 32.2. The first-order valence-electron chi connectivity index (χ1n) is 7.79. The minimum Gasteiger partial charge on any atom is -0.342 e. The second-order valence-corrected chi connectivity index (χ2v) is 8.68. The molecule has 1 fully saturated rings. The summed E-state index contributed by atoms with van der Waals surface area (Å²) in [5.41, 5.74) is 3.90. The van der Waals surface area contributed by atoms with Crippen molar-refractivity contribution < 1.29 is 13.2 Å². The molecular formula is C17H25NO3S. The number of nitrogens with zero attached hydrogens (tertiary/aromatic N) is 1. The van der Waals surface area contributed by atoms with Crippen LogP contribution in [0.2, 0.25) is 0 Å². The largest absolute Gasteiger partial charge is 0.342 e. The molecule has 0 saturated carbocycles. The van der Waals surface area contributed by atoms with Crippen molar-refractivity contribution in [1.29, 1.82) is 0 Å². The van der Waals surface area contributed by atoms with Gasteiger partial charge in [0.05, 0.1) is 5.75 Å². The normalized spacial score (nSPS) is 16.8. The monoisotopic (exact) mass is 323 g/mol. The van der Waals surface area contributed by atoms with Crippen LogP contribution in [-0.4, -0.2) is 37.6 Å². The zero-order valence-electron chi connectivity index (χ0n) is 13.8. The number of aryl methyl sites for hydroxylation is 3. The van der Waals surface area contributed by atoms with Gasteiger partial charge in [0.25, 0.3) is 0 Å². The zero-order chi connectivity index (χ0) is 16.5. The summed E-state index contributed by atoms with van der Waals surface area (Å²) in [5.74, 6) is -0.314. The molecule has 0 aliphatic carbocycles. The van der Waals surface area contributed by atoms with Crippen LogP contribution in [0, 0.1) is 20.8 Å². The number of benzene rings is 1. The third-order valence-electron chi connectivity index (χ3n) is 4.49. The molecule has 2 rings (SSSR count). The molecule has 0 N–H and O–H groups in total. The van der Waals surface area contributed by atoms with Gasteiger partial charge in [-0.2, -0.15) is 0 Å². The molecule has 1 atom stereocenters. The molecule has 1 saturated heterocycles. The Morgan fingerprint density at radius 2 is 1.64 bits per heavy atom. The maximum atomic E-state index is 12.6. The molecule has 0 radical (unpaired) electrons. The first-order valence-corrected chi connectivity index (χ1v) is 9.51. The van der Waals surface area contributed by atoms with Crippen LogP contribution in [0.4, 0.5) is 0 Å². The Morgan fingerprint density at radius 1 is 1.14 bits per heavy atom. The molecule has 1 amide bonds. The van der Waals surface area contributed by atoms with Crippen molar-refractivity contribution in [1.82, 2.24) is 4.90 Å². The number of rotatable bonds is 4. The molecule has 0 aromatic heterocycles. The van der Waals surface area contributed by atoms with Gasteiger partial charge in [-0.05, 0) is 57.2 Å². The molecule has 0 spiro atoms. The predicted octanol–water partition coefficient (Wildman–Crippen LogP) is 2.54. The maximum absolute atomic E-state index is 12.6. The Labute approximate surface area is 133 Å². The minimum absolute atomic E-state index is 0.0638. The lowest BCUT2D eigenvalue weighted by atomic mass is 10.0. The van der Waals surface area contributed by atoms with Crippen molar-refractivity contribution in [3.8, 4) is 0 Å². The van der Waals surface area contributed by atoms with Crippen molar-refractivity contribution in [3.63, 3.8) is 0 Å². The third-order valence-corrected chi connectivity index (χ3v) is 6.46. The first kappa shape index (κ1) is 17.0. The van der Waals surface area contributed by atoms with Crippen molar-refractivity contribution >= 4 is 15.7 Å². The van der Waals surface area contributed by atoms with E-state index < -0.39 is 15.1 Å². The minimum atomic E-state index is -3.50. The number of likely N-dealkylation sites (tertiary alicyclic amines) is 1. The Bertz CT molecular complexity index is 650. The standard InChI is InChI=1S/C17H25NO3S/c1-12-9-13(2)16(14(3)10-12)11-22(20,21)15(4)17(19)18-7-5-6-8-18/h9-10,15H,5-8,11H2,1-4H3/t15-/m0/s1. The molecular weight excluding hydrogens is 298 g/mol. The van der Waals surface area contributed by atoms with Crippen LogP contribution in [-0.2, 0) is 20.4 Å². The molecule has 4 nitrogen and oxygen atoms in total. The third kappa shape index (κ3) is 3.51. The highest BCUT2D eigenvalue weighted by Gasteiger charge is 2.33. The van der Waals surface area contributed by atoms with E-state index >= 15 is 0 Å². The van der Waals surface area contributed by atoms with Gasteiger partial charge in [-0.1, -0.05) is 17.7 Å². The van der Waals surface area contributed by atoms with E-state index in [4.69, 9.17) is 0 Å². The van der Waals surface area contributed by atoms with Crippen LogP contribution in [0.15, 0.2) is 12.1 Å². The molecule has 122 valence electrons. The van der Waals surface area contributed by atoms with Crippen molar-refractivity contribution in [3.05, 3.63) is 34.4 Å². The topological polar surface area (TPSA) is 54.5 Å². The number of hydrogen-bond donors (Lipinski definition) is 0. The molecule has 1 heterocycles. The fourth-order valence-corrected chi connectivity index (χ4v) is 4.68. The summed E-state index contributed by atoms with van der Waals surface area (Å²) in [6.07, 6.45) is 1.93. The van der Waals surface area contributed by atoms with Crippen LogP contribution >= 0.6 is 0 Å². The molecule has 22 heavy (non-hydrogen) atoms. The molecule has 0 unspecified atom stereocenters. The molecule has 1 aromatic carbocycles. The van der Waals surface area contributed by atoms with E-state index in [2.05, 4.69) is 0 Å². The summed E-state index contributed by atoms with van der Waals surface area (Å²) in [5, 5.41) is -0.967. The predicted molar refractivity (Wildman–Crippen MR) is 88.6 cm³/mol. The fraction of sp³-hybridized carbons (Fsp3) is 0.588. The molecule has 1 aliphatic rings. The average molecular weight is 323 g/mol. The second-order valence-electron chi connectivity index (χ2n) is 6.36. The van der Waals surface area contributed by atoms with Crippen molar-refractivity contribution in [2.24, 2.45) is 0 Å². The van der Waals surface area contributed by atoms with Crippen LogP contribution in [0.5, 0.6) is 0 Å². The van der Waals surface area contributed by atoms with E-state index in [0.717, 1.165) is 35.1 Å². The quantitative estimate of drug-likeness (QED) is 0.855. The summed E-state index contributed by atoms with van der Waals surface area (Å²) in [6, 6.07) is 3.98. The highest BCUT2D eigenvalue weighted by Crippen LogP contribution is 2.22. The number of hydrogen-bond acceptors (Lipinski definition) is 3. The van der Waals surface area contributed by atoms with Gasteiger partial charge in [0.1, 0.15) is 5.25 Å². The number of carbonyl (C=O) groups excluding carboxylic acids is 1. The van der Waals surface area contributed by atoms with Gasteiger partial charge < -0.3 is 4.90 Å². The van der Waals surface area contributed by atoms with Gasteiger partial charge in [0, 0.05) is 13.1 Å². The summed E-state index contributed by atoms with van der Waals surface area (Å²) in [7, 11) is -3.50. The molecule has 1 aliphatic heterocycles. The molecule has 1 aromatic rings. The number of carbonyl (C=O) groups is 1. The van der Waals surface area contributed by atoms with Gasteiger partial charge in [0.2, 0.25) is 5.91 Å². The molecule has 0 bridgehead atoms. The summed E-state index contributed by atoms with van der Waals surface area (Å²) >= 11 is 0. The van der Waals surface area contributed by atoms with Gasteiger partial charge in [-0.25, -0.2) is 8.42 Å². The number of amides is 1. The van der Waals surface area contributed by atoms with E-state index in [-0.39, 0.29) is 11.7 Å². The fourth-order valence-electron chi connectivity index (χ4n) is 3.11. The highest BCUT2D eigenvalue weighted by molar-refractivity contribution is 7.92. The Balaban J connectivity index is 2.22. The zero-order valence-corrected chi connectivity index (χ0v) is 14.7. The Kier molecular flexibility index (Phi) is 4.95. The van der Waals surface area contributed by atoms with E-state index in [1.807, 2.05) is 32.9 Å². The maximum Gasteiger partial charge on any atom is 0.240 e. The van der Waals surface area contributed by atoms with E-state index in [1.165, 1.54) is 6.92 Å². The van der Waals surface area contributed by atoms with Crippen LogP contribution in [0.25, 0.3) is 0 Å². The lowest BCUT2D eigenvalue weighted by molar-refractivity contribution is -0.129. The van der Waals surface area contributed by atoms with Crippen LogP contribution in [0.3, 0.4) is 0 Å². The summed E-state index contributed by atoms with van der Waals surface area (Å²) in [4.78, 5) is 14.0. The average Bonchev–Trinajstić information content (AvgIpc) is 2.95. The summed E-state index contributed by atoms with van der Waals surface area (Å²) < 4.78 is 25.3. The van der Waals surface area contributed by atoms with E-state index in [1.54, 1.807) is 4.90 Å². The van der Waals surface area contributed by atoms with Gasteiger partial charge in [-0.3, -0.25) is 4.79 Å². The Morgan fingerprint density at radius 3 is 2.14 bits per heavy atom. The van der Waals surface area contributed by atoms with Crippen molar-refractivity contribution in [2.75, 3.05) is 13.1 Å². The smallest absolute Gasteiger partial charge is 0.240 e. The summed E-state index contributed by atoms with van der Waals surface area (Å²) in [6.45, 7) is 8.74. The molecule has 5 heteroatoms. The van der Waals surface area contributed by atoms with Crippen molar-refractivity contribution in [2.45, 2.75) is 51.5 Å². The number of sulfone groups is 1. The lowest BCUT2D eigenvalue weighted by Crippen LogP contribution is -2.40. The van der Waals surface area contributed by atoms with Gasteiger partial charge in [-0.15, -0.1) is 0 Å². The van der Waals surface area contributed by atoms with Crippen LogP contribution in [0.1, 0.15) is 42.0 Å². The SMILES string of the molecule is Cc1cc(C)c(CS(=O)(=O)[C@@H](C)C(=O)N2CCCC2)c(C)c1. The van der Waals surface area contributed by atoms with E-state index in [9.17, 15) is 13.2 Å².